The van der Waals surface area contributed by atoms with Crippen molar-refractivity contribution in [1.82, 2.24) is 10.3 Å². The molecule has 1 amide bonds. The highest BCUT2D eigenvalue weighted by Crippen LogP contribution is 2.40. The number of aromatic amines is 1. The van der Waals surface area contributed by atoms with Crippen LogP contribution in [-0.4, -0.2) is 34.2 Å². The number of halogens is 3. The molecule has 0 spiro atoms. The number of rotatable bonds is 6. The number of fused-ring (bicyclic) bond motifs is 1. The van der Waals surface area contributed by atoms with Gasteiger partial charge in [-0.05, 0) is 43.2 Å². The maximum Gasteiger partial charge on any atom is 0.391 e. The first-order valence-electron chi connectivity index (χ1n) is 9.38. The highest BCUT2D eigenvalue weighted by Gasteiger charge is 2.41. The third-order valence-electron chi connectivity index (χ3n) is 5.52. The van der Waals surface area contributed by atoms with E-state index in [2.05, 4.69) is 10.3 Å². The van der Waals surface area contributed by atoms with Crippen LogP contribution < -0.4 is 5.32 Å². The van der Waals surface area contributed by atoms with Gasteiger partial charge in [0, 0.05) is 29.9 Å². The zero-order valence-electron chi connectivity index (χ0n) is 15.3. The van der Waals surface area contributed by atoms with Crippen molar-refractivity contribution in [2.24, 2.45) is 11.8 Å². The Morgan fingerprint density at radius 2 is 1.86 bits per heavy atom. The molecule has 152 valence electrons. The van der Waals surface area contributed by atoms with Crippen LogP contribution in [0.4, 0.5) is 13.2 Å². The van der Waals surface area contributed by atoms with Crippen LogP contribution in [0.3, 0.4) is 0 Å². The molecule has 1 aromatic heterocycles. The summed E-state index contributed by atoms with van der Waals surface area (Å²) in [7, 11) is 0. The van der Waals surface area contributed by atoms with E-state index < -0.39 is 30.0 Å². The van der Waals surface area contributed by atoms with Crippen LogP contribution in [0, 0.1) is 11.8 Å². The van der Waals surface area contributed by atoms with Crippen molar-refractivity contribution < 1.29 is 27.9 Å². The third-order valence-corrected chi connectivity index (χ3v) is 5.52. The number of amides is 1. The maximum atomic E-state index is 12.7. The molecule has 2 aromatic rings. The van der Waals surface area contributed by atoms with Crippen LogP contribution in [-0.2, 0) is 16.0 Å². The van der Waals surface area contributed by atoms with Gasteiger partial charge in [-0.3, -0.25) is 4.79 Å². The predicted molar refractivity (Wildman–Crippen MR) is 97.7 cm³/mol. The third kappa shape index (κ3) is 4.85. The molecule has 8 heteroatoms. The number of aromatic nitrogens is 1. The van der Waals surface area contributed by atoms with E-state index in [1.165, 1.54) is 0 Å². The summed E-state index contributed by atoms with van der Waals surface area (Å²) in [4.78, 5) is 27.0. The second kappa shape index (κ2) is 8.24. The summed E-state index contributed by atoms with van der Waals surface area (Å²) in [6, 6.07) is 6.39. The fourth-order valence-corrected chi connectivity index (χ4v) is 3.93. The average molecular weight is 396 g/mol. The molecule has 5 nitrogen and oxygen atoms in total. The number of hydrogen-bond donors (Lipinski definition) is 3. The predicted octanol–water partition coefficient (Wildman–Crippen LogP) is 4.04. The highest BCUT2D eigenvalue weighted by molar-refractivity contribution is 5.86. The minimum atomic E-state index is -4.18. The molecule has 1 aromatic carbocycles. The van der Waals surface area contributed by atoms with Crippen molar-refractivity contribution in [3.05, 3.63) is 36.0 Å². The largest absolute Gasteiger partial charge is 0.480 e. The van der Waals surface area contributed by atoms with Gasteiger partial charge in [0.05, 0.1) is 5.92 Å². The number of aliphatic carboxylic acids is 1. The van der Waals surface area contributed by atoms with Crippen molar-refractivity contribution in [3.8, 4) is 0 Å². The van der Waals surface area contributed by atoms with Crippen LogP contribution in [0.1, 0.15) is 37.7 Å². The highest BCUT2D eigenvalue weighted by atomic mass is 19.4. The number of para-hydroxylation sites is 1. The Balaban J connectivity index is 1.56. The summed E-state index contributed by atoms with van der Waals surface area (Å²) < 4.78 is 38.2. The molecule has 1 aliphatic carbocycles. The van der Waals surface area contributed by atoms with Gasteiger partial charge in [-0.1, -0.05) is 18.2 Å². The van der Waals surface area contributed by atoms with Crippen molar-refractivity contribution >= 4 is 22.8 Å². The van der Waals surface area contributed by atoms with Crippen molar-refractivity contribution in [1.29, 1.82) is 0 Å². The van der Waals surface area contributed by atoms with E-state index in [0.29, 0.717) is 12.8 Å². The first-order chi connectivity index (χ1) is 13.2. The van der Waals surface area contributed by atoms with Crippen molar-refractivity contribution in [2.45, 2.75) is 50.7 Å². The van der Waals surface area contributed by atoms with Crippen molar-refractivity contribution in [3.63, 3.8) is 0 Å². The van der Waals surface area contributed by atoms with E-state index in [1.54, 1.807) is 6.20 Å². The van der Waals surface area contributed by atoms with Gasteiger partial charge in [-0.15, -0.1) is 0 Å². The molecule has 0 saturated heterocycles. The smallest absolute Gasteiger partial charge is 0.391 e. The zero-order chi connectivity index (χ0) is 20.3. The van der Waals surface area contributed by atoms with Crippen LogP contribution >= 0.6 is 0 Å². The maximum absolute atomic E-state index is 12.7. The van der Waals surface area contributed by atoms with Gasteiger partial charge in [-0.2, -0.15) is 13.2 Å². The van der Waals surface area contributed by atoms with E-state index in [-0.39, 0.29) is 31.6 Å². The molecule has 28 heavy (non-hydrogen) atoms. The number of carbonyl (C=O) groups is 2. The molecule has 0 radical (unpaired) electrons. The first kappa shape index (κ1) is 20.2. The van der Waals surface area contributed by atoms with E-state index in [1.807, 2.05) is 24.3 Å². The molecule has 1 saturated carbocycles. The Hall–Kier alpha value is -2.51. The Labute approximate surface area is 160 Å². The molecule has 1 aliphatic rings. The fraction of sp³-hybridized carbons (Fsp3) is 0.500. The summed E-state index contributed by atoms with van der Waals surface area (Å²) in [6.45, 7) is 0. The Morgan fingerprint density at radius 3 is 2.50 bits per heavy atom. The molecule has 0 aliphatic heterocycles. The second-order valence-corrected chi connectivity index (χ2v) is 7.49. The monoisotopic (exact) mass is 396 g/mol. The second-order valence-electron chi connectivity index (χ2n) is 7.49. The summed E-state index contributed by atoms with van der Waals surface area (Å²) in [5, 5.41) is 12.9. The van der Waals surface area contributed by atoms with Crippen LogP contribution in [0.5, 0.6) is 0 Å². The summed E-state index contributed by atoms with van der Waals surface area (Å²) in [5.41, 5.74) is 1.67. The lowest BCUT2D eigenvalue weighted by Gasteiger charge is -2.29. The normalized spacial score (nSPS) is 21.4. The van der Waals surface area contributed by atoms with Crippen LogP contribution in [0.2, 0.25) is 0 Å². The lowest BCUT2D eigenvalue weighted by atomic mass is 9.80. The van der Waals surface area contributed by atoms with Gasteiger partial charge in [-0.25, -0.2) is 4.79 Å². The quantitative estimate of drug-likeness (QED) is 0.689. The number of hydrogen-bond acceptors (Lipinski definition) is 2. The van der Waals surface area contributed by atoms with Gasteiger partial charge in [0.25, 0.3) is 0 Å². The lowest BCUT2D eigenvalue weighted by molar-refractivity contribution is -0.184. The SMILES string of the molecule is O=C(CC1CCC(C(F)(F)F)CC1)NC(Cc1c[nH]c2ccccc12)C(=O)O. The Kier molecular flexibility index (Phi) is 5.96. The van der Waals surface area contributed by atoms with Crippen molar-refractivity contribution in [2.75, 3.05) is 0 Å². The zero-order valence-corrected chi connectivity index (χ0v) is 15.3. The first-order valence-corrected chi connectivity index (χ1v) is 9.38. The average Bonchev–Trinajstić information content (AvgIpc) is 3.04. The lowest BCUT2D eigenvalue weighted by Crippen LogP contribution is -2.43. The molecule has 0 bridgehead atoms. The van der Waals surface area contributed by atoms with Crippen LogP contribution in [0.15, 0.2) is 30.5 Å². The van der Waals surface area contributed by atoms with E-state index in [9.17, 15) is 27.9 Å². The number of carboxylic acid groups (broad SMARTS) is 1. The topological polar surface area (TPSA) is 82.2 Å². The Morgan fingerprint density at radius 1 is 1.18 bits per heavy atom. The molecule has 1 unspecified atom stereocenters. The summed E-state index contributed by atoms with van der Waals surface area (Å²) in [6.07, 6.45) is -1.55. The summed E-state index contributed by atoms with van der Waals surface area (Å²) in [5.74, 6) is -3.00. The summed E-state index contributed by atoms with van der Waals surface area (Å²) >= 11 is 0. The fourth-order valence-electron chi connectivity index (χ4n) is 3.93. The van der Waals surface area contributed by atoms with Gasteiger partial charge >= 0.3 is 12.1 Å². The van der Waals surface area contributed by atoms with E-state index >= 15 is 0 Å². The van der Waals surface area contributed by atoms with E-state index in [4.69, 9.17) is 0 Å². The number of nitrogens with one attached hydrogen (secondary N) is 2. The number of alkyl halides is 3. The number of carbonyl (C=O) groups excluding carboxylic acids is 1. The number of carboxylic acids is 1. The molecule has 3 rings (SSSR count). The minimum absolute atomic E-state index is 0.0269. The molecule has 1 fully saturated rings. The van der Waals surface area contributed by atoms with Gasteiger partial charge < -0.3 is 15.4 Å². The van der Waals surface area contributed by atoms with Gasteiger partial charge in [0.2, 0.25) is 5.91 Å². The van der Waals surface area contributed by atoms with Gasteiger partial charge in [0.15, 0.2) is 0 Å². The molecular weight excluding hydrogens is 373 g/mol. The van der Waals surface area contributed by atoms with E-state index in [0.717, 1.165) is 16.5 Å². The van der Waals surface area contributed by atoms with Crippen LogP contribution in [0.25, 0.3) is 10.9 Å². The molecule has 1 atom stereocenters. The molecular formula is C20H23F3N2O3. The standard InChI is InChI=1S/C20H23F3N2O3/c21-20(22,23)14-7-5-12(6-8-14)9-18(26)25-17(19(27)28)10-13-11-24-16-4-2-1-3-15(13)16/h1-4,11-12,14,17,24H,5-10H2,(H,25,26)(H,27,28). The van der Waals surface area contributed by atoms with Gasteiger partial charge in [0.1, 0.15) is 6.04 Å². The molecule has 3 N–H and O–H groups in total. The molecule has 1 heterocycles. The minimum Gasteiger partial charge on any atom is -0.480 e. The number of H-pyrrole nitrogens is 1. The number of benzene rings is 1. The Bertz CT molecular complexity index is 839.